The van der Waals surface area contributed by atoms with Gasteiger partial charge in [-0.05, 0) is 32.2 Å². The molecule has 0 aliphatic heterocycles. The molecule has 2 unspecified atom stereocenters. The van der Waals surface area contributed by atoms with Gasteiger partial charge in [0.2, 0.25) is 5.91 Å². The third kappa shape index (κ3) is 5.77. The highest BCUT2D eigenvalue weighted by atomic mass is 32.2. The van der Waals surface area contributed by atoms with Crippen LogP contribution in [0.3, 0.4) is 0 Å². The fraction of sp³-hybridized carbons (Fsp3) is 0.467. The van der Waals surface area contributed by atoms with Gasteiger partial charge < -0.3 is 15.7 Å². The molecule has 0 fully saturated rings. The zero-order chi connectivity index (χ0) is 15.8. The number of hydrogen-bond acceptors (Lipinski definition) is 4. The van der Waals surface area contributed by atoms with Crippen LogP contribution in [-0.2, 0) is 4.79 Å². The second kappa shape index (κ2) is 8.69. The van der Waals surface area contributed by atoms with E-state index in [0.29, 0.717) is 5.56 Å². The Hall–Kier alpha value is -1.53. The molecule has 2 atom stereocenters. The molecule has 0 saturated heterocycles. The lowest BCUT2D eigenvalue weighted by Crippen LogP contribution is -2.45. The number of aliphatic hydroxyl groups is 1. The highest BCUT2D eigenvalue weighted by Gasteiger charge is 2.17. The topological polar surface area (TPSA) is 78.4 Å². The van der Waals surface area contributed by atoms with E-state index in [0.717, 1.165) is 5.56 Å². The van der Waals surface area contributed by atoms with Gasteiger partial charge in [0.05, 0.1) is 13.2 Å². The van der Waals surface area contributed by atoms with Crippen molar-refractivity contribution >= 4 is 23.6 Å². The summed E-state index contributed by atoms with van der Waals surface area (Å²) in [5.41, 5.74) is 1.53. The molecule has 0 aliphatic rings. The normalized spacial score (nSPS) is 13.3. The summed E-state index contributed by atoms with van der Waals surface area (Å²) in [6.45, 7) is 3.65. The Morgan fingerprint density at radius 3 is 2.67 bits per heavy atom. The lowest BCUT2D eigenvalue weighted by atomic mass is 10.1. The van der Waals surface area contributed by atoms with Crippen LogP contribution in [0.5, 0.6) is 0 Å². The zero-order valence-corrected chi connectivity index (χ0v) is 13.4. The predicted molar refractivity (Wildman–Crippen MR) is 85.5 cm³/mol. The summed E-state index contributed by atoms with van der Waals surface area (Å²) in [5, 5.41) is 14.5. The summed E-state index contributed by atoms with van der Waals surface area (Å²) in [4.78, 5) is 23.7. The summed E-state index contributed by atoms with van der Waals surface area (Å²) in [5.74, 6) is -0.541. The Kier molecular flexibility index (Phi) is 7.25. The number of hydrogen-bond donors (Lipinski definition) is 3. The van der Waals surface area contributed by atoms with Crippen molar-refractivity contribution in [3.63, 3.8) is 0 Å². The summed E-state index contributed by atoms with van der Waals surface area (Å²) in [6.07, 6.45) is 1.88. The minimum Gasteiger partial charge on any atom is -0.395 e. The molecule has 2 amide bonds. The van der Waals surface area contributed by atoms with Gasteiger partial charge in [-0.2, -0.15) is 11.8 Å². The van der Waals surface area contributed by atoms with Crippen molar-refractivity contribution in [2.75, 3.05) is 19.4 Å². The molecule has 0 radical (unpaired) electrons. The second-order valence-electron chi connectivity index (χ2n) is 4.87. The first-order chi connectivity index (χ1) is 9.97. The van der Waals surface area contributed by atoms with Crippen LogP contribution in [0.15, 0.2) is 24.3 Å². The monoisotopic (exact) mass is 310 g/mol. The Morgan fingerprint density at radius 1 is 1.38 bits per heavy atom. The SMILES string of the molecule is CSC(CO)C(C)NC(=O)CNC(=O)c1cccc(C)c1. The van der Waals surface area contributed by atoms with E-state index in [-0.39, 0.29) is 36.3 Å². The fourth-order valence-electron chi connectivity index (χ4n) is 1.88. The Labute approximate surface area is 129 Å². The number of aliphatic hydroxyl groups excluding tert-OH is 1. The van der Waals surface area contributed by atoms with Crippen molar-refractivity contribution < 1.29 is 14.7 Å². The molecule has 6 heteroatoms. The van der Waals surface area contributed by atoms with Gasteiger partial charge >= 0.3 is 0 Å². The second-order valence-corrected chi connectivity index (χ2v) is 5.94. The quantitative estimate of drug-likeness (QED) is 0.701. The van der Waals surface area contributed by atoms with Crippen molar-refractivity contribution in [2.45, 2.75) is 25.1 Å². The average Bonchev–Trinajstić information content (AvgIpc) is 2.46. The molecular formula is C15H22N2O3S. The first-order valence-corrected chi connectivity index (χ1v) is 8.04. The molecule has 21 heavy (non-hydrogen) atoms. The van der Waals surface area contributed by atoms with Crippen molar-refractivity contribution in [3.8, 4) is 0 Å². The van der Waals surface area contributed by atoms with Gasteiger partial charge in [0, 0.05) is 16.9 Å². The van der Waals surface area contributed by atoms with Crippen LogP contribution >= 0.6 is 11.8 Å². The van der Waals surface area contributed by atoms with Crippen LogP contribution in [0, 0.1) is 6.92 Å². The van der Waals surface area contributed by atoms with Crippen LogP contribution in [0.1, 0.15) is 22.8 Å². The number of aryl methyl sites for hydroxylation is 1. The molecule has 0 heterocycles. The van der Waals surface area contributed by atoms with Gasteiger partial charge in [-0.3, -0.25) is 9.59 Å². The zero-order valence-electron chi connectivity index (χ0n) is 12.6. The Bertz CT molecular complexity index is 490. The third-order valence-corrected chi connectivity index (χ3v) is 4.28. The van der Waals surface area contributed by atoms with Gasteiger partial charge in [-0.25, -0.2) is 0 Å². The van der Waals surface area contributed by atoms with Gasteiger partial charge in [0.1, 0.15) is 0 Å². The smallest absolute Gasteiger partial charge is 0.251 e. The molecule has 0 saturated carbocycles. The van der Waals surface area contributed by atoms with E-state index in [4.69, 9.17) is 5.11 Å². The molecule has 0 aromatic heterocycles. The van der Waals surface area contributed by atoms with Gasteiger partial charge in [0.15, 0.2) is 0 Å². The maximum absolute atomic E-state index is 11.9. The van der Waals surface area contributed by atoms with Crippen molar-refractivity contribution in [1.82, 2.24) is 10.6 Å². The van der Waals surface area contributed by atoms with E-state index in [1.54, 1.807) is 18.2 Å². The number of carbonyl (C=O) groups is 2. The number of thioether (sulfide) groups is 1. The standard InChI is InChI=1S/C15H22N2O3S/c1-10-5-4-6-12(7-10)15(20)16-8-14(19)17-11(2)13(9-18)21-3/h4-7,11,13,18H,8-9H2,1-3H3,(H,16,20)(H,17,19). The predicted octanol–water partition coefficient (Wildman–Crippen LogP) is 0.953. The van der Waals surface area contributed by atoms with E-state index < -0.39 is 0 Å². The van der Waals surface area contributed by atoms with E-state index in [9.17, 15) is 9.59 Å². The summed E-state index contributed by atoms with van der Waals surface area (Å²) in [6, 6.07) is 7.02. The van der Waals surface area contributed by atoms with E-state index in [1.807, 2.05) is 26.2 Å². The van der Waals surface area contributed by atoms with Crippen molar-refractivity contribution in [3.05, 3.63) is 35.4 Å². The highest BCUT2D eigenvalue weighted by Crippen LogP contribution is 2.09. The molecule has 1 aromatic rings. The number of benzene rings is 1. The average molecular weight is 310 g/mol. The minimum atomic E-state index is -0.273. The summed E-state index contributed by atoms with van der Waals surface area (Å²) < 4.78 is 0. The van der Waals surface area contributed by atoms with E-state index in [2.05, 4.69) is 10.6 Å². The first kappa shape index (κ1) is 17.5. The number of carbonyl (C=O) groups excluding carboxylic acids is 2. The van der Waals surface area contributed by atoms with Crippen molar-refractivity contribution in [1.29, 1.82) is 0 Å². The first-order valence-electron chi connectivity index (χ1n) is 6.75. The Balaban J connectivity index is 2.44. The van der Waals surface area contributed by atoms with Crippen LogP contribution in [-0.4, -0.2) is 47.6 Å². The largest absolute Gasteiger partial charge is 0.395 e. The number of amides is 2. The molecule has 3 N–H and O–H groups in total. The molecular weight excluding hydrogens is 288 g/mol. The minimum absolute atomic E-state index is 0.00172. The lowest BCUT2D eigenvalue weighted by molar-refractivity contribution is -0.120. The molecule has 5 nitrogen and oxygen atoms in total. The van der Waals surface area contributed by atoms with E-state index >= 15 is 0 Å². The van der Waals surface area contributed by atoms with Crippen LogP contribution in [0.4, 0.5) is 0 Å². The van der Waals surface area contributed by atoms with E-state index in [1.165, 1.54) is 11.8 Å². The molecule has 0 aliphatic carbocycles. The highest BCUT2D eigenvalue weighted by molar-refractivity contribution is 7.99. The summed E-state index contributed by atoms with van der Waals surface area (Å²) >= 11 is 1.49. The lowest BCUT2D eigenvalue weighted by Gasteiger charge is -2.21. The van der Waals surface area contributed by atoms with Crippen LogP contribution < -0.4 is 10.6 Å². The maximum Gasteiger partial charge on any atom is 0.251 e. The van der Waals surface area contributed by atoms with Gasteiger partial charge in [-0.15, -0.1) is 0 Å². The molecule has 116 valence electrons. The molecule has 0 spiro atoms. The molecule has 1 aromatic carbocycles. The third-order valence-electron chi connectivity index (χ3n) is 3.12. The fourth-order valence-corrected chi connectivity index (χ4v) is 2.51. The van der Waals surface area contributed by atoms with Crippen LogP contribution in [0.25, 0.3) is 0 Å². The number of nitrogens with one attached hydrogen (secondary N) is 2. The molecule has 0 bridgehead atoms. The van der Waals surface area contributed by atoms with Gasteiger partial charge in [0.25, 0.3) is 5.91 Å². The maximum atomic E-state index is 11.9. The number of rotatable bonds is 7. The van der Waals surface area contributed by atoms with Crippen molar-refractivity contribution in [2.24, 2.45) is 0 Å². The van der Waals surface area contributed by atoms with Gasteiger partial charge in [-0.1, -0.05) is 17.7 Å². The Morgan fingerprint density at radius 2 is 2.10 bits per heavy atom. The van der Waals surface area contributed by atoms with Crippen LogP contribution in [0.2, 0.25) is 0 Å². The summed E-state index contributed by atoms with van der Waals surface area (Å²) in [7, 11) is 0. The molecule has 1 rings (SSSR count).